The monoisotopic (exact) mass is 313 g/mol. The molecular formula is C10H20O2Pr. The summed E-state index contributed by atoms with van der Waals surface area (Å²) in [5, 5.41) is 8.37. The van der Waals surface area contributed by atoms with Gasteiger partial charge in [-0.25, -0.2) is 0 Å². The van der Waals surface area contributed by atoms with Gasteiger partial charge < -0.3 is 5.11 Å². The molecule has 0 fully saturated rings. The van der Waals surface area contributed by atoms with Gasteiger partial charge in [0.15, 0.2) is 0 Å². The van der Waals surface area contributed by atoms with E-state index in [2.05, 4.69) is 20.8 Å². The zero-order valence-corrected chi connectivity index (χ0v) is 12.7. The van der Waals surface area contributed by atoms with Crippen molar-refractivity contribution in [3.63, 3.8) is 0 Å². The van der Waals surface area contributed by atoms with Crippen LogP contribution in [0, 0.1) is 46.7 Å². The Labute approximate surface area is 114 Å². The van der Waals surface area contributed by atoms with Crippen LogP contribution < -0.4 is 0 Å². The second-order valence-electron chi connectivity index (χ2n) is 4.52. The van der Waals surface area contributed by atoms with Gasteiger partial charge in [0, 0.05) is 47.7 Å². The summed E-state index contributed by atoms with van der Waals surface area (Å²) in [4.78, 5) is 10.2. The number of hydrogen-bond acceptors (Lipinski definition) is 1. The zero-order chi connectivity index (χ0) is 9.61. The summed E-state index contributed by atoms with van der Waals surface area (Å²) in [6, 6.07) is 0. The Balaban J connectivity index is 0. The SMILES string of the molecule is CC(C)(C)CCCCCC(=O)O.[Pr]. The Hall–Kier alpha value is 0.834. The number of unbranched alkanes of at least 4 members (excludes halogenated alkanes) is 2. The number of hydrogen-bond donors (Lipinski definition) is 1. The van der Waals surface area contributed by atoms with Crippen molar-refractivity contribution in [2.45, 2.75) is 52.9 Å². The van der Waals surface area contributed by atoms with E-state index in [1.54, 1.807) is 0 Å². The molecule has 1 N–H and O–H groups in total. The van der Waals surface area contributed by atoms with Crippen molar-refractivity contribution < 1.29 is 51.2 Å². The summed E-state index contributed by atoms with van der Waals surface area (Å²) in [5.41, 5.74) is 0.392. The van der Waals surface area contributed by atoms with Crippen LogP contribution in [0.15, 0.2) is 0 Å². The summed E-state index contributed by atoms with van der Waals surface area (Å²) < 4.78 is 0. The first-order chi connectivity index (χ1) is 5.42. The summed E-state index contributed by atoms with van der Waals surface area (Å²) in [6.07, 6.45) is 4.53. The van der Waals surface area contributed by atoms with E-state index in [4.69, 9.17) is 5.11 Å². The van der Waals surface area contributed by atoms with Crippen LogP contribution >= 0.6 is 0 Å². The molecule has 0 spiro atoms. The van der Waals surface area contributed by atoms with Crippen LogP contribution in [0.1, 0.15) is 52.9 Å². The van der Waals surface area contributed by atoms with Gasteiger partial charge in [-0.2, -0.15) is 0 Å². The Morgan fingerprint density at radius 2 is 1.69 bits per heavy atom. The molecule has 0 amide bonds. The minimum absolute atomic E-state index is 0. The molecule has 0 saturated heterocycles. The van der Waals surface area contributed by atoms with Gasteiger partial charge in [-0.15, -0.1) is 0 Å². The predicted octanol–water partition coefficient (Wildman–Crippen LogP) is 3.07. The fourth-order valence-corrected chi connectivity index (χ4v) is 1.11. The molecule has 0 aliphatic rings. The van der Waals surface area contributed by atoms with E-state index in [9.17, 15) is 4.79 Å². The molecule has 3 heteroatoms. The molecule has 0 aromatic heterocycles. The molecule has 0 aliphatic heterocycles. The number of rotatable bonds is 5. The van der Waals surface area contributed by atoms with Gasteiger partial charge in [-0.3, -0.25) is 4.79 Å². The van der Waals surface area contributed by atoms with E-state index >= 15 is 0 Å². The van der Waals surface area contributed by atoms with Crippen molar-refractivity contribution in [3.05, 3.63) is 0 Å². The van der Waals surface area contributed by atoms with Gasteiger partial charge in [0.25, 0.3) is 0 Å². The quantitative estimate of drug-likeness (QED) is 0.792. The molecule has 0 heterocycles. The van der Waals surface area contributed by atoms with Crippen LogP contribution in [0.25, 0.3) is 0 Å². The first-order valence-electron chi connectivity index (χ1n) is 4.63. The van der Waals surface area contributed by atoms with E-state index in [1.165, 1.54) is 6.42 Å². The number of carbonyl (C=O) groups is 1. The molecular weight excluding hydrogens is 293 g/mol. The molecule has 0 rings (SSSR count). The normalized spacial score (nSPS) is 10.7. The van der Waals surface area contributed by atoms with E-state index in [0.717, 1.165) is 19.3 Å². The van der Waals surface area contributed by atoms with E-state index in [0.29, 0.717) is 11.8 Å². The van der Waals surface area contributed by atoms with Gasteiger partial charge in [0.2, 0.25) is 0 Å². The van der Waals surface area contributed by atoms with Crippen LogP contribution in [-0.2, 0) is 4.79 Å². The summed E-state index contributed by atoms with van der Waals surface area (Å²) in [6.45, 7) is 6.64. The topological polar surface area (TPSA) is 37.3 Å². The molecule has 0 aliphatic carbocycles. The van der Waals surface area contributed by atoms with Crippen molar-refractivity contribution >= 4 is 5.97 Å². The first-order valence-corrected chi connectivity index (χ1v) is 4.63. The number of carboxylic acid groups (broad SMARTS) is 1. The smallest absolute Gasteiger partial charge is 0.303 e. The Morgan fingerprint density at radius 3 is 2.08 bits per heavy atom. The fourth-order valence-electron chi connectivity index (χ4n) is 1.11. The summed E-state index contributed by atoms with van der Waals surface area (Å²) >= 11 is 0. The van der Waals surface area contributed by atoms with Crippen molar-refractivity contribution in [2.24, 2.45) is 5.41 Å². The average Bonchev–Trinajstić information content (AvgIpc) is 1.83. The summed E-state index contributed by atoms with van der Waals surface area (Å²) in [5.74, 6) is -0.675. The maximum atomic E-state index is 10.2. The van der Waals surface area contributed by atoms with Gasteiger partial charge in [-0.1, -0.05) is 33.6 Å². The zero-order valence-electron chi connectivity index (χ0n) is 8.97. The van der Waals surface area contributed by atoms with Gasteiger partial charge in [-0.05, 0) is 18.3 Å². The van der Waals surface area contributed by atoms with Crippen LogP contribution in [0.2, 0.25) is 0 Å². The molecule has 0 atom stereocenters. The molecule has 2 nitrogen and oxygen atoms in total. The molecule has 0 bridgehead atoms. The third-order valence-electron chi connectivity index (χ3n) is 1.82. The molecule has 0 saturated carbocycles. The van der Waals surface area contributed by atoms with E-state index in [-0.39, 0.29) is 41.3 Å². The number of aliphatic carboxylic acids is 1. The molecule has 1 radical (unpaired) electrons. The predicted molar refractivity (Wildman–Crippen MR) is 50.2 cm³/mol. The molecule has 0 aromatic rings. The Morgan fingerprint density at radius 1 is 1.15 bits per heavy atom. The molecule has 0 aromatic carbocycles. The van der Waals surface area contributed by atoms with Crippen molar-refractivity contribution in [1.82, 2.24) is 0 Å². The third kappa shape index (κ3) is 15.6. The summed E-state index contributed by atoms with van der Waals surface area (Å²) in [7, 11) is 0. The van der Waals surface area contributed by atoms with Crippen LogP contribution in [-0.4, -0.2) is 11.1 Å². The van der Waals surface area contributed by atoms with E-state index in [1.807, 2.05) is 0 Å². The standard InChI is InChI=1S/C10H20O2.Pr/c1-10(2,3)8-6-4-5-7-9(11)12;/h4-8H2,1-3H3,(H,11,12);. The Bertz CT molecular complexity index is 138. The minimum Gasteiger partial charge on any atom is -0.481 e. The first kappa shape index (κ1) is 16.3. The maximum absolute atomic E-state index is 10.2. The second kappa shape index (κ2) is 8.17. The average molecular weight is 313 g/mol. The van der Waals surface area contributed by atoms with Crippen molar-refractivity contribution in [3.8, 4) is 0 Å². The maximum Gasteiger partial charge on any atom is 0.303 e. The fraction of sp³-hybridized carbons (Fsp3) is 0.900. The van der Waals surface area contributed by atoms with Crippen LogP contribution in [0.3, 0.4) is 0 Å². The van der Waals surface area contributed by atoms with Crippen LogP contribution in [0.4, 0.5) is 0 Å². The molecule has 0 unspecified atom stereocenters. The minimum atomic E-state index is -0.675. The molecule has 75 valence electrons. The van der Waals surface area contributed by atoms with E-state index < -0.39 is 5.97 Å². The molecule has 13 heavy (non-hydrogen) atoms. The number of carboxylic acids is 1. The largest absolute Gasteiger partial charge is 0.481 e. The Kier molecular flexibility index (Phi) is 10.2. The van der Waals surface area contributed by atoms with Gasteiger partial charge >= 0.3 is 5.97 Å². The van der Waals surface area contributed by atoms with Crippen LogP contribution in [0.5, 0.6) is 0 Å². The van der Waals surface area contributed by atoms with Crippen molar-refractivity contribution in [1.29, 1.82) is 0 Å². The van der Waals surface area contributed by atoms with Gasteiger partial charge in [0.05, 0.1) is 0 Å². The second-order valence-corrected chi connectivity index (χ2v) is 4.52. The van der Waals surface area contributed by atoms with Gasteiger partial charge in [0.1, 0.15) is 0 Å². The third-order valence-corrected chi connectivity index (χ3v) is 1.82. The van der Waals surface area contributed by atoms with Crippen molar-refractivity contribution in [2.75, 3.05) is 0 Å².